The zero-order valence-corrected chi connectivity index (χ0v) is 9.94. The highest BCUT2D eigenvalue weighted by Crippen LogP contribution is 2.44. The maximum absolute atomic E-state index is 11.5. The molecular formula is C11H18N4O2. The lowest BCUT2D eigenvalue weighted by molar-refractivity contribution is 0.203. The molecule has 1 aliphatic rings. The smallest absolute Gasteiger partial charge is 0.315 e. The van der Waals surface area contributed by atoms with Crippen LogP contribution in [-0.2, 0) is 13.6 Å². The third kappa shape index (κ3) is 2.97. The molecule has 1 heterocycles. The molecule has 0 radical (unpaired) electrons. The number of amides is 2. The lowest BCUT2D eigenvalue weighted by Gasteiger charge is -2.13. The maximum Gasteiger partial charge on any atom is 0.315 e. The summed E-state index contributed by atoms with van der Waals surface area (Å²) in [6.07, 6.45) is 3.68. The second kappa shape index (κ2) is 4.75. The van der Waals surface area contributed by atoms with Gasteiger partial charge in [0.1, 0.15) is 0 Å². The van der Waals surface area contributed by atoms with Crippen LogP contribution in [0.1, 0.15) is 18.5 Å². The molecule has 2 amide bonds. The van der Waals surface area contributed by atoms with E-state index in [0.717, 1.165) is 18.5 Å². The Bertz CT molecular complexity index is 398. The summed E-state index contributed by atoms with van der Waals surface area (Å²) < 4.78 is 1.72. The zero-order chi connectivity index (χ0) is 12.3. The first-order chi connectivity index (χ1) is 8.15. The third-order valence-electron chi connectivity index (χ3n) is 3.27. The summed E-state index contributed by atoms with van der Waals surface area (Å²) in [5.74, 6) is 0. The van der Waals surface area contributed by atoms with Crippen molar-refractivity contribution in [3.8, 4) is 0 Å². The molecule has 0 atom stereocenters. The molecule has 0 spiro atoms. The van der Waals surface area contributed by atoms with Crippen LogP contribution in [0.2, 0.25) is 0 Å². The van der Waals surface area contributed by atoms with E-state index in [2.05, 4.69) is 15.7 Å². The van der Waals surface area contributed by atoms with Gasteiger partial charge in [0.05, 0.1) is 18.8 Å². The van der Waals surface area contributed by atoms with Gasteiger partial charge in [0, 0.05) is 25.2 Å². The number of aromatic nitrogens is 2. The van der Waals surface area contributed by atoms with Crippen molar-refractivity contribution >= 4 is 6.03 Å². The molecule has 6 nitrogen and oxygen atoms in total. The van der Waals surface area contributed by atoms with Gasteiger partial charge in [-0.15, -0.1) is 0 Å². The van der Waals surface area contributed by atoms with E-state index in [9.17, 15) is 4.79 Å². The number of nitrogens with one attached hydrogen (secondary N) is 2. The van der Waals surface area contributed by atoms with Gasteiger partial charge in [-0.05, 0) is 18.9 Å². The Labute approximate surface area is 100 Å². The summed E-state index contributed by atoms with van der Waals surface area (Å²) in [6.45, 7) is 1.14. The average molecular weight is 238 g/mol. The van der Waals surface area contributed by atoms with E-state index in [1.165, 1.54) is 0 Å². The van der Waals surface area contributed by atoms with E-state index in [1.54, 1.807) is 10.9 Å². The molecule has 0 bridgehead atoms. The molecule has 17 heavy (non-hydrogen) atoms. The number of aliphatic hydroxyl groups is 1. The number of carbonyl (C=O) groups excluding carboxylic acids is 1. The van der Waals surface area contributed by atoms with Gasteiger partial charge in [0.15, 0.2) is 0 Å². The highest BCUT2D eigenvalue weighted by Gasteiger charge is 2.42. The molecule has 1 fully saturated rings. The number of carbonyl (C=O) groups is 1. The first-order valence-corrected chi connectivity index (χ1v) is 5.75. The normalized spacial score (nSPS) is 16.6. The van der Waals surface area contributed by atoms with Gasteiger partial charge in [0.25, 0.3) is 0 Å². The quantitative estimate of drug-likeness (QED) is 0.675. The van der Waals surface area contributed by atoms with E-state index in [1.807, 2.05) is 13.1 Å². The Kier molecular flexibility index (Phi) is 3.33. The number of nitrogens with zero attached hydrogens (tertiary/aromatic N) is 2. The summed E-state index contributed by atoms with van der Waals surface area (Å²) >= 11 is 0. The highest BCUT2D eigenvalue weighted by molar-refractivity contribution is 5.73. The molecule has 0 aliphatic heterocycles. The van der Waals surface area contributed by atoms with Crippen molar-refractivity contribution in [2.45, 2.75) is 19.4 Å². The third-order valence-corrected chi connectivity index (χ3v) is 3.27. The summed E-state index contributed by atoms with van der Waals surface area (Å²) in [4.78, 5) is 11.5. The maximum atomic E-state index is 11.5. The molecule has 6 heteroatoms. The van der Waals surface area contributed by atoms with Crippen LogP contribution in [-0.4, -0.2) is 34.1 Å². The van der Waals surface area contributed by atoms with Crippen molar-refractivity contribution in [3.05, 3.63) is 18.0 Å². The summed E-state index contributed by atoms with van der Waals surface area (Å²) in [5, 5.41) is 18.7. The number of rotatable bonds is 5. The molecule has 1 saturated carbocycles. The minimum Gasteiger partial charge on any atom is -0.396 e. The Morgan fingerprint density at radius 3 is 2.88 bits per heavy atom. The van der Waals surface area contributed by atoms with Crippen molar-refractivity contribution < 1.29 is 9.90 Å². The van der Waals surface area contributed by atoms with Gasteiger partial charge in [-0.1, -0.05) is 0 Å². The Balaban J connectivity index is 1.69. The number of urea groups is 1. The standard InChI is InChI=1S/C11H18N4O2/c1-15-9(2-5-14-15)6-12-10(17)13-7-11(8-16)3-4-11/h2,5,16H,3-4,6-8H2,1H3,(H2,12,13,17). The lowest BCUT2D eigenvalue weighted by atomic mass is 10.1. The zero-order valence-electron chi connectivity index (χ0n) is 9.94. The van der Waals surface area contributed by atoms with Gasteiger partial charge in [-0.25, -0.2) is 4.79 Å². The molecule has 1 aromatic rings. The fourth-order valence-electron chi connectivity index (χ4n) is 1.64. The number of hydrogen-bond acceptors (Lipinski definition) is 3. The molecular weight excluding hydrogens is 220 g/mol. The van der Waals surface area contributed by atoms with Gasteiger partial charge in [-0.3, -0.25) is 4.68 Å². The van der Waals surface area contributed by atoms with Crippen molar-refractivity contribution in [3.63, 3.8) is 0 Å². The Morgan fingerprint density at radius 1 is 1.59 bits per heavy atom. The minimum absolute atomic E-state index is 0.0517. The van der Waals surface area contributed by atoms with Crippen LogP contribution < -0.4 is 10.6 Å². The monoisotopic (exact) mass is 238 g/mol. The van der Waals surface area contributed by atoms with E-state index < -0.39 is 0 Å². The van der Waals surface area contributed by atoms with Crippen LogP contribution in [0.15, 0.2) is 12.3 Å². The number of aliphatic hydroxyl groups excluding tert-OH is 1. The van der Waals surface area contributed by atoms with Gasteiger partial charge in [-0.2, -0.15) is 5.10 Å². The van der Waals surface area contributed by atoms with Crippen molar-refractivity contribution in [1.29, 1.82) is 0 Å². The van der Waals surface area contributed by atoms with Crippen LogP contribution >= 0.6 is 0 Å². The van der Waals surface area contributed by atoms with Crippen LogP contribution in [0.5, 0.6) is 0 Å². The van der Waals surface area contributed by atoms with Crippen molar-refractivity contribution in [2.75, 3.05) is 13.2 Å². The summed E-state index contributed by atoms with van der Waals surface area (Å²) in [6, 6.07) is 1.65. The second-order valence-corrected chi connectivity index (χ2v) is 4.64. The second-order valence-electron chi connectivity index (χ2n) is 4.64. The molecule has 1 aliphatic carbocycles. The van der Waals surface area contributed by atoms with Gasteiger partial charge >= 0.3 is 6.03 Å². The van der Waals surface area contributed by atoms with Crippen molar-refractivity contribution in [1.82, 2.24) is 20.4 Å². The fourth-order valence-corrected chi connectivity index (χ4v) is 1.64. The average Bonchev–Trinajstić information content (AvgIpc) is 3.01. The SMILES string of the molecule is Cn1nccc1CNC(=O)NCC1(CO)CC1. The number of aryl methyl sites for hydroxylation is 1. The lowest BCUT2D eigenvalue weighted by Crippen LogP contribution is -2.39. The van der Waals surface area contributed by atoms with Crippen LogP contribution in [0, 0.1) is 5.41 Å². The topological polar surface area (TPSA) is 79.2 Å². The van der Waals surface area contributed by atoms with Gasteiger partial charge < -0.3 is 15.7 Å². The molecule has 0 aromatic carbocycles. The van der Waals surface area contributed by atoms with E-state index in [4.69, 9.17) is 5.11 Å². The van der Waals surface area contributed by atoms with E-state index >= 15 is 0 Å². The molecule has 0 saturated heterocycles. The Morgan fingerprint density at radius 2 is 2.35 bits per heavy atom. The molecule has 3 N–H and O–H groups in total. The Hall–Kier alpha value is -1.56. The molecule has 1 aromatic heterocycles. The van der Waals surface area contributed by atoms with E-state index in [-0.39, 0.29) is 18.1 Å². The van der Waals surface area contributed by atoms with Gasteiger partial charge in [0.2, 0.25) is 0 Å². The predicted molar refractivity (Wildman–Crippen MR) is 62.2 cm³/mol. The summed E-state index contributed by atoms with van der Waals surface area (Å²) in [5.41, 5.74) is 0.896. The predicted octanol–water partition coefficient (Wildman–Crippen LogP) is -0.00820. The molecule has 0 unspecified atom stereocenters. The highest BCUT2D eigenvalue weighted by atomic mass is 16.3. The molecule has 94 valence electrons. The van der Waals surface area contributed by atoms with Crippen molar-refractivity contribution in [2.24, 2.45) is 12.5 Å². The van der Waals surface area contributed by atoms with Crippen LogP contribution in [0.4, 0.5) is 4.79 Å². The summed E-state index contributed by atoms with van der Waals surface area (Å²) in [7, 11) is 1.83. The molecule has 2 rings (SSSR count). The first kappa shape index (κ1) is 11.9. The number of hydrogen-bond donors (Lipinski definition) is 3. The largest absolute Gasteiger partial charge is 0.396 e. The minimum atomic E-state index is -0.203. The first-order valence-electron chi connectivity index (χ1n) is 5.75. The fraction of sp³-hybridized carbons (Fsp3) is 0.636. The van der Waals surface area contributed by atoms with E-state index in [0.29, 0.717) is 13.1 Å². The van der Waals surface area contributed by atoms with Crippen LogP contribution in [0.25, 0.3) is 0 Å². The van der Waals surface area contributed by atoms with Crippen LogP contribution in [0.3, 0.4) is 0 Å².